The Labute approximate surface area is 229 Å². The van der Waals surface area contributed by atoms with Crippen LogP contribution in [0.3, 0.4) is 0 Å². The molecule has 8 heteroatoms. The number of fused-ring (bicyclic) bond motifs is 1. The molecule has 3 aliphatic heterocycles. The zero-order valence-electron chi connectivity index (χ0n) is 22.8. The predicted octanol–water partition coefficient (Wildman–Crippen LogP) is 4.87. The highest BCUT2D eigenvalue weighted by Crippen LogP contribution is 2.60. The summed E-state index contributed by atoms with van der Waals surface area (Å²) < 4.78 is 20.1. The second-order valence-corrected chi connectivity index (χ2v) is 12.4. The van der Waals surface area contributed by atoms with Gasteiger partial charge in [0.2, 0.25) is 17.7 Å². The van der Waals surface area contributed by atoms with Gasteiger partial charge in [-0.05, 0) is 56.9 Å². The number of carbonyl (C=O) groups is 3. The number of benzene rings is 1. The van der Waals surface area contributed by atoms with Crippen LogP contribution >= 0.6 is 0 Å². The molecule has 5 aliphatic rings. The predicted molar refractivity (Wildman–Crippen MR) is 145 cm³/mol. The second-order valence-electron chi connectivity index (χ2n) is 12.4. The first-order valence-corrected chi connectivity index (χ1v) is 14.9. The maximum Gasteiger partial charge on any atom is 0.246 e. The van der Waals surface area contributed by atoms with Gasteiger partial charge < -0.3 is 20.3 Å². The third-order valence-electron chi connectivity index (χ3n) is 9.80. The van der Waals surface area contributed by atoms with E-state index in [1.54, 1.807) is 0 Å². The lowest BCUT2D eigenvalue weighted by Gasteiger charge is -2.39. The molecular weight excluding hydrogens is 497 g/mol. The van der Waals surface area contributed by atoms with Crippen LogP contribution < -0.4 is 10.6 Å². The van der Waals surface area contributed by atoms with Gasteiger partial charge in [-0.1, -0.05) is 63.5 Å². The molecule has 1 aromatic carbocycles. The summed E-state index contributed by atoms with van der Waals surface area (Å²) in [4.78, 5) is 44.2. The van der Waals surface area contributed by atoms with Crippen molar-refractivity contribution in [1.82, 2.24) is 10.2 Å². The molecule has 2 saturated heterocycles. The largest absolute Gasteiger partial charge is 0.356 e. The fraction of sp³-hybridized carbons (Fsp3) is 0.645. The molecule has 2 aliphatic carbocycles. The van der Waals surface area contributed by atoms with E-state index in [1.165, 1.54) is 37.1 Å². The molecule has 2 saturated carbocycles. The van der Waals surface area contributed by atoms with Crippen LogP contribution in [0.1, 0.15) is 84.0 Å². The molecular formula is C31H40FN3O4. The summed E-state index contributed by atoms with van der Waals surface area (Å²) in [6, 6.07) is 4.84. The standard InChI is InChI=1S/C31H40FN3O4/c1-30-18-19-31(39-30)25(24(30)27(36)33-22-16-14-20(32)15-17-22)29(38)35(23-12-8-3-2-4-9-13-23)26(31)28(37)34-21-10-6-5-7-11-21/h14-19,21,23-26H,2-13H2,1H3,(H,33,36)(H,34,37)/t24-,25+,26-,30+,31+/m1/s1. The number of rotatable bonds is 5. The highest BCUT2D eigenvalue weighted by molar-refractivity contribution is 6.03. The van der Waals surface area contributed by atoms with E-state index in [-0.39, 0.29) is 29.8 Å². The number of carbonyl (C=O) groups excluding carboxylic acids is 3. The molecule has 39 heavy (non-hydrogen) atoms. The fourth-order valence-corrected chi connectivity index (χ4v) is 7.95. The van der Waals surface area contributed by atoms with Gasteiger partial charge in [-0.3, -0.25) is 14.4 Å². The van der Waals surface area contributed by atoms with Crippen molar-refractivity contribution in [2.75, 3.05) is 5.32 Å². The maximum absolute atomic E-state index is 14.4. The third-order valence-corrected chi connectivity index (χ3v) is 9.80. The number of amides is 3. The topological polar surface area (TPSA) is 87.7 Å². The summed E-state index contributed by atoms with van der Waals surface area (Å²) in [7, 11) is 0. The normalized spacial score (nSPS) is 35.0. The summed E-state index contributed by atoms with van der Waals surface area (Å²) >= 11 is 0. The monoisotopic (exact) mass is 537 g/mol. The molecule has 4 fully saturated rings. The van der Waals surface area contributed by atoms with E-state index in [0.717, 1.165) is 64.2 Å². The van der Waals surface area contributed by atoms with Crippen LogP contribution in [0.25, 0.3) is 0 Å². The van der Waals surface area contributed by atoms with Crippen molar-refractivity contribution in [2.24, 2.45) is 11.8 Å². The van der Waals surface area contributed by atoms with Crippen LogP contribution in [-0.2, 0) is 19.1 Å². The highest BCUT2D eigenvalue weighted by atomic mass is 19.1. The van der Waals surface area contributed by atoms with Crippen molar-refractivity contribution in [2.45, 2.75) is 113 Å². The summed E-state index contributed by atoms with van der Waals surface area (Å²) in [6.45, 7) is 1.83. The minimum atomic E-state index is -1.18. The van der Waals surface area contributed by atoms with Gasteiger partial charge in [0.15, 0.2) is 0 Å². The summed E-state index contributed by atoms with van der Waals surface area (Å²) in [5, 5.41) is 6.17. The Bertz CT molecular complexity index is 1140. The number of ether oxygens (including phenoxy) is 1. The Balaban J connectivity index is 1.34. The van der Waals surface area contributed by atoms with Crippen molar-refractivity contribution < 1.29 is 23.5 Å². The smallest absolute Gasteiger partial charge is 0.246 e. The van der Waals surface area contributed by atoms with Crippen LogP contribution in [-0.4, -0.2) is 51.9 Å². The van der Waals surface area contributed by atoms with Crippen molar-refractivity contribution >= 4 is 23.4 Å². The fourth-order valence-electron chi connectivity index (χ4n) is 7.95. The Morgan fingerprint density at radius 2 is 1.51 bits per heavy atom. The molecule has 3 heterocycles. The van der Waals surface area contributed by atoms with Crippen LogP contribution in [0.2, 0.25) is 0 Å². The van der Waals surface area contributed by atoms with Gasteiger partial charge in [0.25, 0.3) is 0 Å². The molecule has 6 rings (SSSR count). The summed E-state index contributed by atoms with van der Waals surface area (Å²) in [5.41, 5.74) is -1.74. The van der Waals surface area contributed by atoms with Crippen LogP contribution in [0.15, 0.2) is 36.4 Å². The molecule has 0 radical (unpaired) electrons. The van der Waals surface area contributed by atoms with Gasteiger partial charge in [-0.25, -0.2) is 4.39 Å². The number of anilines is 1. The average Bonchev–Trinajstić information content (AvgIpc) is 3.47. The lowest BCUT2D eigenvalue weighted by atomic mass is 9.70. The Morgan fingerprint density at radius 3 is 2.21 bits per heavy atom. The SMILES string of the molecule is C[C@@]12C=C[C@]3(O1)[C@H](C(=O)N(C1CCCCCCC1)[C@@H]3C(=O)NC1CCCCC1)[C@@H]2C(=O)Nc1ccc(F)cc1. The Hall–Kier alpha value is -2.74. The van der Waals surface area contributed by atoms with Crippen molar-refractivity contribution in [3.8, 4) is 0 Å². The molecule has 1 aromatic rings. The van der Waals surface area contributed by atoms with Crippen molar-refractivity contribution in [1.29, 1.82) is 0 Å². The van der Waals surface area contributed by atoms with Crippen molar-refractivity contribution in [3.05, 3.63) is 42.2 Å². The quantitative estimate of drug-likeness (QED) is 0.525. The van der Waals surface area contributed by atoms with Crippen molar-refractivity contribution in [3.63, 3.8) is 0 Å². The van der Waals surface area contributed by atoms with Gasteiger partial charge in [0.05, 0.1) is 17.4 Å². The van der Waals surface area contributed by atoms with Gasteiger partial charge >= 0.3 is 0 Å². The first-order chi connectivity index (χ1) is 18.8. The van der Waals surface area contributed by atoms with E-state index in [4.69, 9.17) is 4.74 Å². The van der Waals surface area contributed by atoms with Gasteiger partial charge in [0, 0.05) is 17.8 Å². The number of hydrogen-bond donors (Lipinski definition) is 2. The molecule has 2 N–H and O–H groups in total. The minimum Gasteiger partial charge on any atom is -0.356 e. The van der Waals surface area contributed by atoms with Crippen LogP contribution in [0.5, 0.6) is 0 Å². The van der Waals surface area contributed by atoms with E-state index < -0.39 is 34.9 Å². The van der Waals surface area contributed by atoms with Crippen LogP contribution in [0.4, 0.5) is 10.1 Å². The zero-order chi connectivity index (χ0) is 27.2. The van der Waals surface area contributed by atoms with E-state index in [1.807, 2.05) is 24.0 Å². The summed E-state index contributed by atoms with van der Waals surface area (Å²) in [5.74, 6) is -2.65. The number of nitrogens with zero attached hydrogens (tertiary/aromatic N) is 1. The zero-order valence-corrected chi connectivity index (χ0v) is 22.8. The Kier molecular flexibility index (Phi) is 7.02. The highest BCUT2D eigenvalue weighted by Gasteiger charge is 2.76. The number of nitrogens with one attached hydrogen (secondary N) is 2. The second kappa shape index (κ2) is 10.3. The number of halogens is 1. The van der Waals surface area contributed by atoms with E-state index in [0.29, 0.717) is 5.69 Å². The average molecular weight is 538 g/mol. The molecule has 210 valence electrons. The van der Waals surface area contributed by atoms with E-state index >= 15 is 0 Å². The third kappa shape index (κ3) is 4.58. The van der Waals surface area contributed by atoms with Gasteiger partial charge in [-0.15, -0.1) is 0 Å². The molecule has 1 spiro atoms. The van der Waals surface area contributed by atoms with Gasteiger partial charge in [0.1, 0.15) is 17.5 Å². The number of likely N-dealkylation sites (tertiary alicyclic amines) is 1. The molecule has 5 atom stereocenters. The maximum atomic E-state index is 14.4. The molecule has 7 nitrogen and oxygen atoms in total. The molecule has 0 unspecified atom stereocenters. The van der Waals surface area contributed by atoms with Gasteiger partial charge in [-0.2, -0.15) is 0 Å². The lowest BCUT2D eigenvalue weighted by molar-refractivity contribution is -0.147. The van der Waals surface area contributed by atoms with Crippen LogP contribution in [0, 0.1) is 17.7 Å². The lowest BCUT2D eigenvalue weighted by Crippen LogP contribution is -2.58. The molecule has 2 bridgehead atoms. The summed E-state index contributed by atoms with van der Waals surface area (Å²) in [6.07, 6.45) is 16.2. The molecule has 0 aromatic heterocycles. The molecule has 3 amide bonds. The number of hydrogen-bond acceptors (Lipinski definition) is 4. The first-order valence-electron chi connectivity index (χ1n) is 14.9. The first kappa shape index (κ1) is 26.5. The Morgan fingerprint density at radius 1 is 0.897 bits per heavy atom. The van der Waals surface area contributed by atoms with E-state index in [2.05, 4.69) is 10.6 Å². The minimum absolute atomic E-state index is 0.0513. The van der Waals surface area contributed by atoms with E-state index in [9.17, 15) is 18.8 Å².